The second kappa shape index (κ2) is 6.63. The van der Waals surface area contributed by atoms with Gasteiger partial charge >= 0.3 is 11.9 Å². The number of methoxy groups -OCH3 is 1. The van der Waals surface area contributed by atoms with Crippen LogP contribution in [-0.2, 0) is 19.6 Å². The van der Waals surface area contributed by atoms with E-state index in [1.165, 1.54) is 0 Å². The number of hydrogen-bond acceptors (Lipinski definition) is 5. The third-order valence-corrected chi connectivity index (χ3v) is 5.58. The van der Waals surface area contributed by atoms with Crippen molar-refractivity contribution in [2.75, 3.05) is 20.2 Å². The number of carboxylic acid groups (broad SMARTS) is 1. The number of nitrogens with zero attached hydrogens (tertiary/aromatic N) is 1. The van der Waals surface area contributed by atoms with Crippen LogP contribution in [0, 0.1) is 11.7 Å². The fourth-order valence-electron chi connectivity index (χ4n) is 2.44. The van der Waals surface area contributed by atoms with Gasteiger partial charge in [-0.1, -0.05) is 0 Å². The van der Waals surface area contributed by atoms with Gasteiger partial charge in [0.05, 0.1) is 23.5 Å². The number of carboxylic acids is 1. The zero-order valence-corrected chi connectivity index (χ0v) is 13.2. The maximum Gasteiger partial charge on any atom is 0.340 e. The quantitative estimate of drug-likeness (QED) is 0.820. The van der Waals surface area contributed by atoms with Gasteiger partial charge in [0.25, 0.3) is 0 Å². The minimum atomic E-state index is -4.02. The van der Waals surface area contributed by atoms with E-state index in [4.69, 9.17) is 5.11 Å². The average Bonchev–Trinajstić information content (AvgIpc) is 2.54. The summed E-state index contributed by atoms with van der Waals surface area (Å²) in [5, 5.41) is 9.03. The number of sulfonamides is 1. The summed E-state index contributed by atoms with van der Waals surface area (Å²) >= 11 is 0. The lowest BCUT2D eigenvalue weighted by molar-refractivity contribution is -0.142. The molecule has 0 spiro atoms. The van der Waals surface area contributed by atoms with E-state index in [1.54, 1.807) is 0 Å². The summed E-state index contributed by atoms with van der Waals surface area (Å²) in [5.41, 5.74) is -0.367. The van der Waals surface area contributed by atoms with Gasteiger partial charge in [0.15, 0.2) is 0 Å². The first-order valence-corrected chi connectivity index (χ1v) is 8.32. The van der Waals surface area contributed by atoms with E-state index >= 15 is 0 Å². The molecule has 7 nitrogen and oxygen atoms in total. The normalized spacial score (nSPS) is 19.3. The molecule has 1 heterocycles. The molecule has 0 radical (unpaired) electrons. The summed E-state index contributed by atoms with van der Waals surface area (Å²) in [6.45, 7) is 0.0184. The Labute approximate surface area is 132 Å². The highest BCUT2D eigenvalue weighted by atomic mass is 32.2. The van der Waals surface area contributed by atoms with E-state index in [0.717, 1.165) is 29.6 Å². The third-order valence-electron chi connectivity index (χ3n) is 3.72. The molecule has 0 aromatic heterocycles. The molecule has 1 aromatic rings. The highest BCUT2D eigenvalue weighted by molar-refractivity contribution is 7.89. The Balaban J connectivity index is 2.31. The van der Waals surface area contributed by atoms with Crippen molar-refractivity contribution < 1.29 is 32.2 Å². The summed E-state index contributed by atoms with van der Waals surface area (Å²) < 4.78 is 44.4. The molecule has 1 N–H and O–H groups in total. The van der Waals surface area contributed by atoms with Gasteiger partial charge in [0, 0.05) is 13.1 Å². The molecule has 126 valence electrons. The second-order valence-corrected chi connectivity index (χ2v) is 7.11. The SMILES string of the molecule is COC(=O)c1ccc(S(=O)(=O)N2CCCC(C(=O)O)C2)cc1F. The molecule has 1 fully saturated rings. The first kappa shape index (κ1) is 17.4. The van der Waals surface area contributed by atoms with E-state index < -0.39 is 33.7 Å². The summed E-state index contributed by atoms with van der Waals surface area (Å²) in [5.74, 6) is -3.75. The van der Waals surface area contributed by atoms with Crippen LogP contribution >= 0.6 is 0 Å². The van der Waals surface area contributed by atoms with Crippen LogP contribution in [0.3, 0.4) is 0 Å². The van der Waals surface area contributed by atoms with E-state index in [-0.39, 0.29) is 23.5 Å². The largest absolute Gasteiger partial charge is 0.481 e. The van der Waals surface area contributed by atoms with Crippen molar-refractivity contribution in [2.45, 2.75) is 17.7 Å². The lowest BCUT2D eigenvalue weighted by Crippen LogP contribution is -2.42. The highest BCUT2D eigenvalue weighted by Crippen LogP contribution is 2.25. The number of carbonyl (C=O) groups excluding carboxylic acids is 1. The average molecular weight is 345 g/mol. The first-order chi connectivity index (χ1) is 10.8. The highest BCUT2D eigenvalue weighted by Gasteiger charge is 2.33. The van der Waals surface area contributed by atoms with Gasteiger partial charge in [-0.05, 0) is 31.0 Å². The molecule has 0 bridgehead atoms. The Bertz CT molecular complexity index is 733. The molecule has 1 saturated heterocycles. The van der Waals surface area contributed by atoms with Gasteiger partial charge in [-0.2, -0.15) is 4.31 Å². The zero-order valence-electron chi connectivity index (χ0n) is 12.4. The maximum atomic E-state index is 13.9. The summed E-state index contributed by atoms with van der Waals surface area (Å²) in [6.07, 6.45) is 0.815. The summed E-state index contributed by atoms with van der Waals surface area (Å²) in [4.78, 5) is 22.0. The fraction of sp³-hybridized carbons (Fsp3) is 0.429. The van der Waals surface area contributed by atoms with Crippen molar-refractivity contribution in [3.05, 3.63) is 29.6 Å². The summed E-state index contributed by atoms with van der Waals surface area (Å²) in [7, 11) is -2.93. The van der Waals surface area contributed by atoms with Gasteiger partial charge < -0.3 is 9.84 Å². The number of aliphatic carboxylic acids is 1. The number of ether oxygens (including phenoxy) is 1. The lowest BCUT2D eigenvalue weighted by atomic mass is 10.0. The molecule has 9 heteroatoms. The predicted octanol–water partition coefficient (Wildman–Crippen LogP) is 1.10. The molecule has 0 saturated carbocycles. The smallest absolute Gasteiger partial charge is 0.340 e. The van der Waals surface area contributed by atoms with E-state index in [0.29, 0.717) is 12.8 Å². The Morgan fingerprint density at radius 3 is 2.65 bits per heavy atom. The molecule has 1 atom stereocenters. The van der Waals surface area contributed by atoms with Crippen LogP contribution in [0.5, 0.6) is 0 Å². The van der Waals surface area contributed by atoms with E-state index in [2.05, 4.69) is 4.74 Å². The van der Waals surface area contributed by atoms with Crippen LogP contribution < -0.4 is 0 Å². The molecular formula is C14H16FNO6S. The molecule has 0 amide bonds. The topological polar surface area (TPSA) is 101 Å². The maximum absolute atomic E-state index is 13.9. The number of hydrogen-bond donors (Lipinski definition) is 1. The Kier molecular flexibility index (Phi) is 5.00. The van der Waals surface area contributed by atoms with Crippen molar-refractivity contribution in [1.29, 1.82) is 0 Å². The third kappa shape index (κ3) is 3.50. The molecule has 23 heavy (non-hydrogen) atoms. The number of halogens is 1. The monoisotopic (exact) mass is 345 g/mol. The molecule has 0 aliphatic carbocycles. The minimum Gasteiger partial charge on any atom is -0.481 e. The van der Waals surface area contributed by atoms with Crippen molar-refractivity contribution >= 4 is 22.0 Å². The molecule has 1 aliphatic heterocycles. The fourth-order valence-corrected chi connectivity index (χ4v) is 3.98. The van der Waals surface area contributed by atoms with Crippen molar-refractivity contribution in [3.63, 3.8) is 0 Å². The number of esters is 1. The molecule has 1 aliphatic rings. The van der Waals surface area contributed by atoms with Crippen molar-refractivity contribution in [2.24, 2.45) is 5.92 Å². The molecular weight excluding hydrogens is 329 g/mol. The van der Waals surface area contributed by atoms with Crippen LogP contribution in [0.15, 0.2) is 23.1 Å². The first-order valence-electron chi connectivity index (χ1n) is 6.88. The number of piperidine rings is 1. The second-order valence-electron chi connectivity index (χ2n) is 5.17. The summed E-state index contributed by atoms with van der Waals surface area (Å²) in [6, 6.07) is 2.88. The zero-order chi connectivity index (χ0) is 17.2. The Morgan fingerprint density at radius 1 is 1.39 bits per heavy atom. The Hall–Kier alpha value is -2.00. The standard InChI is InChI=1S/C14H16FNO6S/c1-22-14(19)11-5-4-10(7-12(11)15)23(20,21)16-6-2-3-9(8-16)13(17)18/h4-5,7,9H,2-3,6,8H2,1H3,(H,17,18). The van der Waals surface area contributed by atoms with Gasteiger partial charge in [-0.15, -0.1) is 0 Å². The van der Waals surface area contributed by atoms with Gasteiger partial charge in [0.2, 0.25) is 10.0 Å². The van der Waals surface area contributed by atoms with Crippen molar-refractivity contribution in [1.82, 2.24) is 4.31 Å². The van der Waals surface area contributed by atoms with Crippen LogP contribution in [0.1, 0.15) is 23.2 Å². The Morgan fingerprint density at radius 2 is 2.09 bits per heavy atom. The van der Waals surface area contributed by atoms with E-state index in [1.807, 2.05) is 0 Å². The van der Waals surface area contributed by atoms with Crippen LogP contribution in [0.2, 0.25) is 0 Å². The minimum absolute atomic E-state index is 0.155. The number of rotatable bonds is 4. The molecule has 2 rings (SSSR count). The van der Waals surface area contributed by atoms with Crippen LogP contribution in [-0.4, -0.2) is 50.0 Å². The number of carbonyl (C=O) groups is 2. The van der Waals surface area contributed by atoms with Crippen LogP contribution in [0.4, 0.5) is 4.39 Å². The van der Waals surface area contributed by atoms with Gasteiger partial charge in [-0.25, -0.2) is 17.6 Å². The van der Waals surface area contributed by atoms with Gasteiger partial charge in [0.1, 0.15) is 5.82 Å². The van der Waals surface area contributed by atoms with E-state index in [9.17, 15) is 22.4 Å². The van der Waals surface area contributed by atoms with Gasteiger partial charge in [-0.3, -0.25) is 4.79 Å². The van der Waals surface area contributed by atoms with Crippen LogP contribution in [0.25, 0.3) is 0 Å². The molecule has 1 aromatic carbocycles. The van der Waals surface area contributed by atoms with Crippen molar-refractivity contribution in [3.8, 4) is 0 Å². The molecule has 1 unspecified atom stereocenters. The predicted molar refractivity (Wildman–Crippen MR) is 76.9 cm³/mol. The number of benzene rings is 1. The lowest BCUT2D eigenvalue weighted by Gasteiger charge is -2.29.